The molecule has 3 rings (SSSR count). The van der Waals surface area contributed by atoms with Gasteiger partial charge in [0, 0.05) is 19.3 Å². The highest BCUT2D eigenvalue weighted by atomic mass is 16.5. The summed E-state index contributed by atoms with van der Waals surface area (Å²) in [6, 6.07) is 9.93. The van der Waals surface area contributed by atoms with Crippen molar-refractivity contribution in [2.24, 2.45) is 0 Å². The van der Waals surface area contributed by atoms with Crippen LogP contribution in [0.1, 0.15) is 34.1 Å². The molecule has 1 amide bonds. The van der Waals surface area contributed by atoms with Crippen LogP contribution >= 0.6 is 0 Å². The van der Waals surface area contributed by atoms with Gasteiger partial charge in [0.2, 0.25) is 5.91 Å². The third-order valence-corrected chi connectivity index (χ3v) is 4.14. The average Bonchev–Trinajstić information content (AvgIpc) is 3.04. The summed E-state index contributed by atoms with van der Waals surface area (Å²) in [6.45, 7) is 3.09. The van der Waals surface area contributed by atoms with Crippen molar-refractivity contribution in [3.05, 3.63) is 52.8 Å². The molecule has 7 heteroatoms. The van der Waals surface area contributed by atoms with E-state index in [1.165, 1.54) is 16.4 Å². The molecule has 128 valence electrons. The second kappa shape index (κ2) is 7.18. The molecule has 1 aromatic carbocycles. The number of hydrogen-bond acceptors (Lipinski definition) is 5. The third kappa shape index (κ3) is 3.53. The molecule has 0 fully saturated rings. The van der Waals surface area contributed by atoms with E-state index < -0.39 is 5.97 Å². The number of fused-ring (bicyclic) bond motifs is 1. The molecule has 7 nitrogen and oxygen atoms in total. The molecule has 0 aliphatic carbocycles. The van der Waals surface area contributed by atoms with E-state index in [2.05, 4.69) is 11.2 Å². The fourth-order valence-corrected chi connectivity index (χ4v) is 2.89. The van der Waals surface area contributed by atoms with Crippen molar-refractivity contribution in [3.63, 3.8) is 0 Å². The summed E-state index contributed by atoms with van der Waals surface area (Å²) in [6.07, 6.45) is 2.21. The highest BCUT2D eigenvalue weighted by Crippen LogP contribution is 2.19. The lowest BCUT2D eigenvalue weighted by molar-refractivity contribution is -0.133. The Kier molecular flexibility index (Phi) is 4.80. The minimum absolute atomic E-state index is 0.0176. The highest BCUT2D eigenvalue weighted by Gasteiger charge is 2.23. The van der Waals surface area contributed by atoms with E-state index >= 15 is 0 Å². The molecule has 1 aliphatic rings. The number of esters is 1. The molecule has 0 saturated carbocycles. The van der Waals surface area contributed by atoms with Crippen molar-refractivity contribution >= 4 is 11.9 Å². The molecule has 0 unspecified atom stereocenters. The average molecular weight is 338 g/mol. The number of nitrogens with zero attached hydrogens (tertiary/aromatic N) is 4. The summed E-state index contributed by atoms with van der Waals surface area (Å²) in [4.78, 5) is 26.2. The number of carbonyl (C=O) groups is 2. The van der Waals surface area contributed by atoms with Crippen LogP contribution < -0.4 is 0 Å². The maximum Gasteiger partial charge on any atom is 0.342 e. The van der Waals surface area contributed by atoms with Crippen LogP contribution in [0.25, 0.3) is 0 Å². The van der Waals surface area contributed by atoms with Gasteiger partial charge in [-0.3, -0.25) is 9.48 Å². The second-order valence-electron chi connectivity index (χ2n) is 5.76. The number of carbonyl (C=O) groups excluding carboxylic acids is 2. The Bertz CT molecular complexity index is 850. The summed E-state index contributed by atoms with van der Waals surface area (Å²) in [7, 11) is 0. The zero-order valence-electron chi connectivity index (χ0n) is 13.9. The lowest BCUT2D eigenvalue weighted by Gasteiger charge is -2.28. The first-order chi connectivity index (χ1) is 12.1. The molecular formula is C18H18N4O3. The smallest absolute Gasteiger partial charge is 0.342 e. The molecule has 0 atom stereocenters. The van der Waals surface area contributed by atoms with E-state index in [1.54, 1.807) is 11.8 Å². The molecule has 0 radical (unpaired) electrons. The first-order valence-electron chi connectivity index (χ1n) is 8.11. The standard InChI is InChI=1S/C18H18N4O3/c1-2-25-18(24)15-11-22(20-16(15)9-19)12-17(23)21-8-7-13-5-3-4-6-14(13)10-21/h3-6,11H,2,7-8,10,12H2,1H3. The van der Waals surface area contributed by atoms with Crippen molar-refractivity contribution in [1.29, 1.82) is 5.26 Å². The van der Waals surface area contributed by atoms with Gasteiger partial charge in [0.15, 0.2) is 5.69 Å². The summed E-state index contributed by atoms with van der Waals surface area (Å²) >= 11 is 0. The summed E-state index contributed by atoms with van der Waals surface area (Å²) < 4.78 is 6.23. The number of rotatable bonds is 4. The third-order valence-electron chi connectivity index (χ3n) is 4.14. The summed E-state index contributed by atoms with van der Waals surface area (Å²) in [5.74, 6) is -0.707. The van der Waals surface area contributed by atoms with Gasteiger partial charge in [-0.25, -0.2) is 4.79 Å². The lowest BCUT2D eigenvalue weighted by atomic mass is 10.00. The monoisotopic (exact) mass is 338 g/mol. The van der Waals surface area contributed by atoms with Gasteiger partial charge >= 0.3 is 5.97 Å². The molecule has 0 N–H and O–H groups in total. The van der Waals surface area contributed by atoms with Gasteiger partial charge in [0.1, 0.15) is 18.2 Å². The zero-order chi connectivity index (χ0) is 17.8. The maximum atomic E-state index is 12.5. The first-order valence-corrected chi connectivity index (χ1v) is 8.11. The molecular weight excluding hydrogens is 320 g/mol. The predicted octanol–water partition coefficient (Wildman–Crippen LogP) is 1.52. The van der Waals surface area contributed by atoms with Gasteiger partial charge in [-0.15, -0.1) is 0 Å². The van der Waals surface area contributed by atoms with Crippen molar-refractivity contribution in [2.75, 3.05) is 13.2 Å². The number of hydrogen-bond donors (Lipinski definition) is 0. The molecule has 1 aromatic heterocycles. The van der Waals surface area contributed by atoms with Crippen LogP contribution in [-0.2, 0) is 29.0 Å². The normalized spacial score (nSPS) is 13.0. The minimum atomic E-state index is -0.607. The fourth-order valence-electron chi connectivity index (χ4n) is 2.89. The Morgan fingerprint density at radius 2 is 2.08 bits per heavy atom. The van der Waals surface area contributed by atoms with E-state index in [0.29, 0.717) is 13.1 Å². The van der Waals surface area contributed by atoms with Crippen LogP contribution in [-0.4, -0.2) is 39.7 Å². The molecule has 0 saturated heterocycles. The van der Waals surface area contributed by atoms with E-state index in [4.69, 9.17) is 10.00 Å². The number of nitriles is 1. The van der Waals surface area contributed by atoms with Crippen LogP contribution in [0.5, 0.6) is 0 Å². The molecule has 25 heavy (non-hydrogen) atoms. The largest absolute Gasteiger partial charge is 0.462 e. The van der Waals surface area contributed by atoms with Gasteiger partial charge in [0.25, 0.3) is 0 Å². The quantitative estimate of drug-likeness (QED) is 0.789. The SMILES string of the molecule is CCOC(=O)c1cn(CC(=O)N2CCc3ccccc3C2)nc1C#N. The van der Waals surface area contributed by atoms with Crippen LogP contribution in [0, 0.1) is 11.3 Å². The summed E-state index contributed by atoms with van der Waals surface area (Å²) in [5, 5.41) is 13.1. The van der Waals surface area contributed by atoms with Gasteiger partial charge in [0.05, 0.1) is 6.61 Å². The first kappa shape index (κ1) is 16.7. The predicted molar refractivity (Wildman–Crippen MR) is 88.5 cm³/mol. The number of benzene rings is 1. The van der Waals surface area contributed by atoms with E-state index in [0.717, 1.165) is 12.0 Å². The van der Waals surface area contributed by atoms with Crippen molar-refractivity contribution in [2.45, 2.75) is 26.4 Å². The van der Waals surface area contributed by atoms with Crippen LogP contribution in [0.2, 0.25) is 0 Å². The number of ether oxygens (including phenoxy) is 1. The van der Waals surface area contributed by atoms with Crippen molar-refractivity contribution < 1.29 is 14.3 Å². The van der Waals surface area contributed by atoms with Gasteiger partial charge < -0.3 is 9.64 Å². The van der Waals surface area contributed by atoms with E-state index in [1.807, 2.05) is 24.3 Å². The van der Waals surface area contributed by atoms with E-state index in [-0.39, 0.29) is 30.3 Å². The highest BCUT2D eigenvalue weighted by molar-refractivity contribution is 5.91. The van der Waals surface area contributed by atoms with Crippen molar-refractivity contribution in [1.82, 2.24) is 14.7 Å². The summed E-state index contributed by atoms with van der Waals surface area (Å²) in [5.41, 5.74) is 2.46. The topological polar surface area (TPSA) is 88.2 Å². The minimum Gasteiger partial charge on any atom is -0.462 e. The molecule has 0 bridgehead atoms. The van der Waals surface area contributed by atoms with Gasteiger partial charge in [-0.1, -0.05) is 24.3 Å². The molecule has 2 heterocycles. The molecule has 2 aromatic rings. The second-order valence-corrected chi connectivity index (χ2v) is 5.76. The van der Waals surface area contributed by atoms with Crippen LogP contribution in [0.3, 0.4) is 0 Å². The van der Waals surface area contributed by atoms with Gasteiger partial charge in [-0.05, 0) is 24.5 Å². The van der Waals surface area contributed by atoms with Crippen LogP contribution in [0.4, 0.5) is 0 Å². The fraction of sp³-hybridized carbons (Fsp3) is 0.333. The maximum absolute atomic E-state index is 12.5. The van der Waals surface area contributed by atoms with Crippen molar-refractivity contribution in [3.8, 4) is 6.07 Å². The number of amides is 1. The Morgan fingerprint density at radius 3 is 2.80 bits per heavy atom. The zero-order valence-corrected chi connectivity index (χ0v) is 13.9. The Labute approximate surface area is 145 Å². The number of aromatic nitrogens is 2. The molecule has 1 aliphatic heterocycles. The molecule has 0 spiro atoms. The van der Waals surface area contributed by atoms with E-state index in [9.17, 15) is 9.59 Å². The van der Waals surface area contributed by atoms with Crippen LogP contribution in [0.15, 0.2) is 30.5 Å². The Balaban J connectivity index is 1.72. The van der Waals surface area contributed by atoms with Gasteiger partial charge in [-0.2, -0.15) is 10.4 Å². The Morgan fingerprint density at radius 1 is 1.32 bits per heavy atom. The lowest BCUT2D eigenvalue weighted by Crippen LogP contribution is -2.38. The Hall–Kier alpha value is -3.14.